The van der Waals surface area contributed by atoms with Crippen molar-refractivity contribution in [3.8, 4) is 11.5 Å². The molecule has 26 heavy (non-hydrogen) atoms. The van der Waals surface area contributed by atoms with Crippen molar-refractivity contribution in [1.29, 1.82) is 0 Å². The van der Waals surface area contributed by atoms with Crippen molar-refractivity contribution in [3.63, 3.8) is 0 Å². The van der Waals surface area contributed by atoms with E-state index >= 15 is 0 Å². The Balaban J connectivity index is 1.63. The van der Waals surface area contributed by atoms with Gasteiger partial charge in [0.2, 0.25) is 0 Å². The molecule has 4 nitrogen and oxygen atoms in total. The lowest BCUT2D eigenvalue weighted by molar-refractivity contribution is 0.0735. The second kappa shape index (κ2) is 8.62. The summed E-state index contributed by atoms with van der Waals surface area (Å²) in [6.45, 7) is 2.05. The van der Waals surface area contributed by atoms with Crippen molar-refractivity contribution >= 4 is 40.9 Å². The van der Waals surface area contributed by atoms with Gasteiger partial charge in [0.1, 0.15) is 11.5 Å². The predicted molar refractivity (Wildman–Crippen MR) is 111 cm³/mol. The van der Waals surface area contributed by atoms with Gasteiger partial charge in [-0.3, -0.25) is 4.99 Å². The number of carbonyl (C=O) groups excluding carboxylic acids is 1. The van der Waals surface area contributed by atoms with E-state index in [9.17, 15) is 4.79 Å². The maximum Gasteiger partial charge on any atom is 0.343 e. The molecular weight excluding hydrogens is 441 g/mol. The van der Waals surface area contributed by atoms with Crippen LogP contribution >= 0.6 is 23.0 Å². The summed E-state index contributed by atoms with van der Waals surface area (Å²) in [6.07, 6.45) is 1.80. The molecule has 0 heterocycles. The Bertz CT molecular complexity index is 901. The van der Waals surface area contributed by atoms with Crippen LogP contribution in [0.25, 0.3) is 0 Å². The van der Waals surface area contributed by atoms with Crippen molar-refractivity contribution in [1.82, 2.24) is 0 Å². The van der Waals surface area contributed by atoms with Gasteiger partial charge in [-0.15, -0.1) is 0 Å². The molecule has 130 valence electrons. The van der Waals surface area contributed by atoms with E-state index in [-0.39, 0.29) is 0 Å². The molecule has 0 amide bonds. The van der Waals surface area contributed by atoms with Crippen molar-refractivity contribution in [3.05, 3.63) is 89.5 Å². The summed E-state index contributed by atoms with van der Waals surface area (Å²) in [6, 6.07) is 21.9. The standard InChI is InChI=1S/C21H16INO3/c1-15-2-4-16(5-3-15)14-23-18-8-12-19(13-9-18)25-21(24)17-6-10-20(26-22)11-7-17/h2-14H,1H3. The molecule has 0 radical (unpaired) electrons. The first kappa shape index (κ1) is 18.1. The molecule has 3 rings (SSSR count). The van der Waals surface area contributed by atoms with Crippen LogP contribution < -0.4 is 7.80 Å². The molecule has 0 saturated carbocycles. The van der Waals surface area contributed by atoms with Crippen LogP contribution in [0.5, 0.6) is 11.5 Å². The van der Waals surface area contributed by atoms with Crippen LogP contribution in [-0.4, -0.2) is 12.2 Å². The lowest BCUT2D eigenvalue weighted by Gasteiger charge is -2.05. The monoisotopic (exact) mass is 457 g/mol. The van der Waals surface area contributed by atoms with Crippen LogP contribution in [0.1, 0.15) is 21.5 Å². The van der Waals surface area contributed by atoms with Crippen LogP contribution in [0.4, 0.5) is 5.69 Å². The van der Waals surface area contributed by atoms with Gasteiger partial charge in [-0.05, 0) is 61.0 Å². The van der Waals surface area contributed by atoms with Crippen LogP contribution in [0.2, 0.25) is 0 Å². The minimum Gasteiger partial charge on any atom is -0.428 e. The molecule has 0 aliphatic rings. The molecule has 0 unspecified atom stereocenters. The van der Waals surface area contributed by atoms with E-state index in [0.29, 0.717) is 17.1 Å². The summed E-state index contributed by atoms with van der Waals surface area (Å²) in [5.74, 6) is 0.734. The molecule has 3 aromatic rings. The topological polar surface area (TPSA) is 47.9 Å². The van der Waals surface area contributed by atoms with E-state index < -0.39 is 5.97 Å². The number of nitrogens with zero attached hydrogens (tertiary/aromatic N) is 1. The number of aliphatic imine (C=N–C) groups is 1. The summed E-state index contributed by atoms with van der Waals surface area (Å²) >= 11 is 1.79. The molecule has 0 spiro atoms. The van der Waals surface area contributed by atoms with Crippen molar-refractivity contribution in [2.75, 3.05) is 0 Å². The van der Waals surface area contributed by atoms with Crippen LogP contribution in [-0.2, 0) is 0 Å². The largest absolute Gasteiger partial charge is 0.428 e. The summed E-state index contributed by atoms with van der Waals surface area (Å²) in [5.41, 5.74) is 3.49. The van der Waals surface area contributed by atoms with Crippen LogP contribution in [0.15, 0.2) is 77.8 Å². The number of carbonyl (C=O) groups is 1. The van der Waals surface area contributed by atoms with E-state index in [4.69, 9.17) is 7.80 Å². The van der Waals surface area contributed by atoms with Gasteiger partial charge >= 0.3 is 5.97 Å². The van der Waals surface area contributed by atoms with Gasteiger partial charge in [0.25, 0.3) is 0 Å². The molecule has 0 bridgehead atoms. The van der Waals surface area contributed by atoms with Gasteiger partial charge in [0, 0.05) is 6.21 Å². The number of hydrogen-bond acceptors (Lipinski definition) is 4. The van der Waals surface area contributed by atoms with Gasteiger partial charge in [-0.25, -0.2) is 4.79 Å². The van der Waals surface area contributed by atoms with Gasteiger partial charge in [-0.1, -0.05) is 29.8 Å². The van der Waals surface area contributed by atoms with E-state index in [1.165, 1.54) is 5.56 Å². The van der Waals surface area contributed by atoms with Crippen molar-refractivity contribution in [2.45, 2.75) is 6.92 Å². The molecule has 0 N–H and O–H groups in total. The van der Waals surface area contributed by atoms with Crippen molar-refractivity contribution in [2.24, 2.45) is 4.99 Å². The van der Waals surface area contributed by atoms with Gasteiger partial charge in [0.15, 0.2) is 23.0 Å². The molecular formula is C21H16INO3. The second-order valence-corrected chi connectivity index (χ2v) is 6.09. The van der Waals surface area contributed by atoms with Gasteiger partial charge in [-0.2, -0.15) is 0 Å². The number of rotatable bonds is 5. The third kappa shape index (κ3) is 4.92. The Labute approximate surface area is 166 Å². The summed E-state index contributed by atoms with van der Waals surface area (Å²) < 4.78 is 10.4. The first-order valence-corrected chi connectivity index (χ1v) is 8.84. The summed E-state index contributed by atoms with van der Waals surface area (Å²) in [4.78, 5) is 16.6. The highest BCUT2D eigenvalue weighted by Crippen LogP contribution is 2.20. The zero-order valence-corrected chi connectivity index (χ0v) is 16.2. The van der Waals surface area contributed by atoms with Crippen LogP contribution in [0.3, 0.4) is 0 Å². The Kier molecular flexibility index (Phi) is 6.01. The first-order valence-electron chi connectivity index (χ1n) is 7.96. The summed E-state index contributed by atoms with van der Waals surface area (Å²) in [7, 11) is 0. The maximum absolute atomic E-state index is 12.1. The molecule has 0 fully saturated rings. The third-order valence-electron chi connectivity index (χ3n) is 3.67. The number of benzene rings is 3. The van der Waals surface area contributed by atoms with E-state index in [0.717, 1.165) is 11.3 Å². The molecule has 0 saturated heterocycles. The van der Waals surface area contributed by atoms with E-state index in [2.05, 4.69) is 4.99 Å². The Morgan fingerprint density at radius 3 is 2.12 bits per heavy atom. The lowest BCUT2D eigenvalue weighted by Crippen LogP contribution is -2.07. The molecule has 0 aliphatic carbocycles. The Morgan fingerprint density at radius 1 is 0.885 bits per heavy atom. The fourth-order valence-electron chi connectivity index (χ4n) is 2.21. The van der Waals surface area contributed by atoms with Crippen molar-refractivity contribution < 1.29 is 12.6 Å². The molecule has 3 aromatic carbocycles. The quantitative estimate of drug-likeness (QED) is 0.214. The number of hydrogen-bond donors (Lipinski definition) is 0. The number of halogens is 1. The first-order chi connectivity index (χ1) is 12.6. The molecule has 0 aromatic heterocycles. The Morgan fingerprint density at radius 2 is 1.50 bits per heavy atom. The van der Waals surface area contributed by atoms with Gasteiger partial charge < -0.3 is 7.80 Å². The molecule has 0 aliphatic heterocycles. The number of ether oxygens (including phenoxy) is 1. The normalized spacial score (nSPS) is 10.7. The average Bonchev–Trinajstić information content (AvgIpc) is 2.68. The molecule has 5 heteroatoms. The SMILES string of the molecule is Cc1ccc(C=Nc2ccc(OC(=O)c3ccc(OI)cc3)cc2)cc1. The highest BCUT2D eigenvalue weighted by atomic mass is 127. The lowest BCUT2D eigenvalue weighted by atomic mass is 10.2. The zero-order chi connectivity index (χ0) is 18.4. The second-order valence-electron chi connectivity index (χ2n) is 5.65. The van der Waals surface area contributed by atoms with E-state index in [1.54, 1.807) is 77.8 Å². The highest BCUT2D eigenvalue weighted by molar-refractivity contribution is 14.1. The fraction of sp³-hybridized carbons (Fsp3) is 0.0476. The van der Waals surface area contributed by atoms with Crippen LogP contribution in [0, 0.1) is 6.92 Å². The third-order valence-corrected chi connectivity index (χ3v) is 4.17. The smallest absolute Gasteiger partial charge is 0.343 e. The predicted octanol–water partition coefficient (Wildman–Crippen LogP) is 5.69. The minimum atomic E-state index is -0.416. The number of esters is 1. The summed E-state index contributed by atoms with van der Waals surface area (Å²) in [5, 5.41) is 0. The average molecular weight is 457 g/mol. The highest BCUT2D eigenvalue weighted by Gasteiger charge is 2.08. The molecule has 0 atom stereocenters. The van der Waals surface area contributed by atoms with E-state index in [1.807, 2.05) is 31.2 Å². The Hall–Kier alpha value is -2.67. The fourth-order valence-corrected chi connectivity index (χ4v) is 2.50. The number of aryl methyl sites for hydroxylation is 1. The van der Waals surface area contributed by atoms with Gasteiger partial charge in [0.05, 0.1) is 11.3 Å². The zero-order valence-electron chi connectivity index (χ0n) is 14.1. The maximum atomic E-state index is 12.1. The minimum absolute atomic E-state index is 0.416.